The fourth-order valence-electron chi connectivity index (χ4n) is 5.07. The van der Waals surface area contributed by atoms with E-state index in [0.717, 1.165) is 10.7 Å². The third kappa shape index (κ3) is 4.60. The standard InChI is InChI=1S/C32H34N2S2/c1-19(2)23-15-11-16-24(20(3)4)30(23)34-31(25-13-8-7-12-21(25)5)32-33-27(18-35-32)29-22(6)36-28-17-10-9-14-26(28)29/h7-20,31,34H,1-6H3. The van der Waals surface area contributed by atoms with Crippen molar-refractivity contribution in [3.63, 3.8) is 0 Å². The number of hydrogen-bond donors (Lipinski definition) is 1. The van der Waals surface area contributed by atoms with Crippen LogP contribution in [0.5, 0.6) is 0 Å². The smallest absolute Gasteiger partial charge is 0.120 e. The maximum absolute atomic E-state index is 5.29. The maximum atomic E-state index is 5.29. The number of thiazole rings is 1. The van der Waals surface area contributed by atoms with Gasteiger partial charge >= 0.3 is 0 Å². The summed E-state index contributed by atoms with van der Waals surface area (Å²) in [6.07, 6.45) is 0. The van der Waals surface area contributed by atoms with Crippen LogP contribution in [0.4, 0.5) is 5.69 Å². The fraction of sp³-hybridized carbons (Fsp3) is 0.281. The predicted octanol–water partition coefficient (Wildman–Crippen LogP) is 10.1. The van der Waals surface area contributed by atoms with Crippen molar-refractivity contribution in [2.45, 2.75) is 59.4 Å². The normalized spacial score (nSPS) is 12.6. The molecule has 3 aromatic carbocycles. The molecule has 0 aliphatic heterocycles. The SMILES string of the molecule is Cc1ccccc1C(Nc1c(C(C)C)cccc1C(C)C)c1nc(-c2c(C)sc3ccccc23)cs1. The number of hydrogen-bond acceptors (Lipinski definition) is 4. The van der Waals surface area contributed by atoms with Crippen LogP contribution in [0.1, 0.15) is 77.7 Å². The van der Waals surface area contributed by atoms with E-state index in [0.29, 0.717) is 11.8 Å². The zero-order chi connectivity index (χ0) is 25.4. The van der Waals surface area contributed by atoms with Gasteiger partial charge in [-0.15, -0.1) is 22.7 Å². The molecular formula is C32H34N2S2. The molecule has 0 bridgehead atoms. The molecular weight excluding hydrogens is 477 g/mol. The minimum absolute atomic E-state index is 0.0208. The highest BCUT2D eigenvalue weighted by Gasteiger charge is 2.24. The lowest BCUT2D eigenvalue weighted by atomic mass is 9.91. The number of benzene rings is 3. The summed E-state index contributed by atoms with van der Waals surface area (Å²) in [6.45, 7) is 13.5. The molecule has 0 spiro atoms. The van der Waals surface area contributed by atoms with Gasteiger partial charge in [0.05, 0.1) is 5.69 Å². The summed E-state index contributed by atoms with van der Waals surface area (Å²) in [4.78, 5) is 6.61. The second kappa shape index (κ2) is 10.2. The molecule has 0 radical (unpaired) electrons. The van der Waals surface area contributed by atoms with Crippen LogP contribution in [0.15, 0.2) is 72.1 Å². The second-order valence-corrected chi connectivity index (χ2v) is 12.3. The van der Waals surface area contributed by atoms with Crippen molar-refractivity contribution in [2.24, 2.45) is 0 Å². The van der Waals surface area contributed by atoms with Gasteiger partial charge in [0.25, 0.3) is 0 Å². The number of rotatable bonds is 7. The Morgan fingerprint density at radius 2 is 1.39 bits per heavy atom. The van der Waals surface area contributed by atoms with E-state index < -0.39 is 0 Å². The van der Waals surface area contributed by atoms with Crippen LogP contribution >= 0.6 is 22.7 Å². The van der Waals surface area contributed by atoms with Gasteiger partial charge in [0.1, 0.15) is 11.0 Å². The number of thiophene rings is 1. The average molecular weight is 511 g/mol. The van der Waals surface area contributed by atoms with Crippen LogP contribution in [-0.4, -0.2) is 4.98 Å². The van der Waals surface area contributed by atoms with Crippen molar-refractivity contribution >= 4 is 38.4 Å². The Morgan fingerprint density at radius 3 is 2.08 bits per heavy atom. The highest BCUT2D eigenvalue weighted by atomic mass is 32.1. The largest absolute Gasteiger partial charge is 0.372 e. The van der Waals surface area contributed by atoms with Crippen molar-refractivity contribution < 1.29 is 0 Å². The Morgan fingerprint density at radius 1 is 0.750 bits per heavy atom. The third-order valence-electron chi connectivity index (χ3n) is 6.96. The summed E-state index contributed by atoms with van der Waals surface area (Å²) < 4.78 is 1.32. The molecule has 0 amide bonds. The summed E-state index contributed by atoms with van der Waals surface area (Å²) in [5.74, 6) is 0.853. The van der Waals surface area contributed by atoms with Crippen LogP contribution < -0.4 is 5.32 Å². The highest BCUT2D eigenvalue weighted by molar-refractivity contribution is 7.19. The van der Waals surface area contributed by atoms with Crippen molar-refractivity contribution in [1.29, 1.82) is 0 Å². The quantitative estimate of drug-likeness (QED) is 0.235. The second-order valence-electron chi connectivity index (χ2n) is 10.2. The van der Waals surface area contributed by atoms with E-state index in [1.807, 2.05) is 11.3 Å². The topological polar surface area (TPSA) is 24.9 Å². The first-order valence-corrected chi connectivity index (χ1v) is 14.4. The molecule has 1 unspecified atom stereocenters. The van der Waals surface area contributed by atoms with Gasteiger partial charge < -0.3 is 5.32 Å². The Kier molecular flexibility index (Phi) is 7.00. The fourth-order valence-corrected chi connectivity index (χ4v) is 7.02. The zero-order valence-corrected chi connectivity index (χ0v) is 23.6. The molecule has 4 heteroatoms. The van der Waals surface area contributed by atoms with Gasteiger partial charge in [0.15, 0.2) is 0 Å². The van der Waals surface area contributed by atoms with Crippen molar-refractivity contribution in [2.75, 3.05) is 5.32 Å². The predicted molar refractivity (Wildman–Crippen MR) is 159 cm³/mol. The van der Waals surface area contributed by atoms with Crippen molar-refractivity contribution in [3.8, 4) is 11.3 Å². The lowest BCUT2D eigenvalue weighted by Gasteiger charge is -2.26. The van der Waals surface area contributed by atoms with E-state index in [1.165, 1.54) is 48.5 Å². The van der Waals surface area contributed by atoms with Gasteiger partial charge in [-0.3, -0.25) is 0 Å². The Bertz CT molecular complexity index is 1480. The molecule has 0 aliphatic carbocycles. The van der Waals surface area contributed by atoms with Gasteiger partial charge in [0.2, 0.25) is 0 Å². The maximum Gasteiger partial charge on any atom is 0.120 e. The first-order chi connectivity index (χ1) is 17.3. The van der Waals surface area contributed by atoms with E-state index in [9.17, 15) is 0 Å². The van der Waals surface area contributed by atoms with Crippen LogP contribution in [0.25, 0.3) is 21.3 Å². The molecule has 2 aromatic heterocycles. The van der Waals surface area contributed by atoms with Crippen LogP contribution in [-0.2, 0) is 0 Å². The lowest BCUT2D eigenvalue weighted by molar-refractivity contribution is 0.818. The number of para-hydroxylation sites is 1. The number of nitrogens with zero attached hydrogens (tertiary/aromatic N) is 1. The van der Waals surface area contributed by atoms with E-state index >= 15 is 0 Å². The van der Waals surface area contributed by atoms with Gasteiger partial charge in [-0.2, -0.15) is 0 Å². The van der Waals surface area contributed by atoms with E-state index in [4.69, 9.17) is 4.98 Å². The van der Waals surface area contributed by atoms with Crippen LogP contribution in [0.3, 0.4) is 0 Å². The number of fused-ring (bicyclic) bond motifs is 1. The molecule has 5 aromatic rings. The molecule has 0 saturated carbocycles. The molecule has 1 N–H and O–H groups in total. The molecule has 0 fully saturated rings. The lowest BCUT2D eigenvalue weighted by Crippen LogP contribution is -2.17. The van der Waals surface area contributed by atoms with Gasteiger partial charge in [-0.05, 0) is 54.0 Å². The summed E-state index contributed by atoms with van der Waals surface area (Å²) in [6, 6.07) is 24.1. The van der Waals surface area contributed by atoms with Crippen LogP contribution in [0.2, 0.25) is 0 Å². The summed E-state index contributed by atoms with van der Waals surface area (Å²) in [7, 11) is 0. The summed E-state index contributed by atoms with van der Waals surface area (Å²) in [5, 5.41) is 8.65. The van der Waals surface area contributed by atoms with Crippen molar-refractivity contribution in [1.82, 2.24) is 4.98 Å². The van der Waals surface area contributed by atoms with Crippen molar-refractivity contribution in [3.05, 3.63) is 104 Å². The first-order valence-electron chi connectivity index (χ1n) is 12.7. The summed E-state index contributed by atoms with van der Waals surface area (Å²) >= 11 is 3.61. The van der Waals surface area contributed by atoms with E-state index in [1.54, 1.807) is 11.3 Å². The highest BCUT2D eigenvalue weighted by Crippen LogP contribution is 2.42. The Hall–Kier alpha value is -2.95. The minimum atomic E-state index is -0.0208. The van der Waals surface area contributed by atoms with E-state index in [-0.39, 0.29) is 6.04 Å². The van der Waals surface area contributed by atoms with Gasteiger partial charge in [-0.1, -0.05) is 88.4 Å². The molecule has 1 atom stereocenters. The molecule has 0 saturated heterocycles. The molecule has 2 nitrogen and oxygen atoms in total. The third-order valence-corrected chi connectivity index (χ3v) is 8.95. The monoisotopic (exact) mass is 510 g/mol. The molecule has 184 valence electrons. The Labute approximate surface area is 223 Å². The molecule has 36 heavy (non-hydrogen) atoms. The molecule has 2 heterocycles. The molecule has 0 aliphatic rings. The minimum Gasteiger partial charge on any atom is -0.372 e. The van der Waals surface area contributed by atoms with Gasteiger partial charge in [0, 0.05) is 31.6 Å². The number of anilines is 1. The number of aromatic nitrogens is 1. The van der Waals surface area contributed by atoms with Crippen LogP contribution in [0, 0.1) is 13.8 Å². The Balaban J connectivity index is 1.65. The van der Waals surface area contributed by atoms with E-state index in [2.05, 4.69) is 119 Å². The number of nitrogens with one attached hydrogen (secondary N) is 1. The molecule has 5 rings (SSSR count). The average Bonchev–Trinajstić information content (AvgIpc) is 3.46. The van der Waals surface area contributed by atoms with Gasteiger partial charge in [-0.25, -0.2) is 4.98 Å². The first kappa shape index (κ1) is 24.7. The number of aryl methyl sites for hydroxylation is 2. The summed E-state index contributed by atoms with van der Waals surface area (Å²) in [5.41, 5.74) is 8.87. The zero-order valence-electron chi connectivity index (χ0n) is 21.9.